The monoisotopic (exact) mass is 223 g/mol. The van der Waals surface area contributed by atoms with Gasteiger partial charge in [0.1, 0.15) is 0 Å². The molecule has 5 nitrogen and oxygen atoms in total. The van der Waals surface area contributed by atoms with Crippen LogP contribution in [0.5, 0.6) is 0 Å². The molecule has 0 amide bonds. The summed E-state index contributed by atoms with van der Waals surface area (Å²) in [7, 11) is 8.00. The molecule has 5 heteroatoms. The van der Waals surface area contributed by atoms with Gasteiger partial charge in [0.2, 0.25) is 5.95 Å². The molecule has 0 fully saturated rings. The van der Waals surface area contributed by atoms with Crippen LogP contribution in [0.4, 0.5) is 5.95 Å². The van der Waals surface area contributed by atoms with Crippen molar-refractivity contribution in [3.05, 3.63) is 18.0 Å². The van der Waals surface area contributed by atoms with Crippen LogP contribution in [0.1, 0.15) is 5.56 Å². The largest absolute Gasteiger partial charge is 0.347 e. The zero-order valence-corrected chi connectivity index (χ0v) is 10.6. The van der Waals surface area contributed by atoms with Gasteiger partial charge in [-0.1, -0.05) is 0 Å². The minimum Gasteiger partial charge on any atom is -0.347 e. The van der Waals surface area contributed by atoms with Crippen molar-refractivity contribution < 1.29 is 0 Å². The zero-order valence-electron chi connectivity index (χ0n) is 10.6. The van der Waals surface area contributed by atoms with Gasteiger partial charge in [0, 0.05) is 51.7 Å². The molecule has 1 aromatic heterocycles. The van der Waals surface area contributed by atoms with Crippen molar-refractivity contribution >= 4 is 5.95 Å². The molecule has 16 heavy (non-hydrogen) atoms. The van der Waals surface area contributed by atoms with Crippen LogP contribution in [0.15, 0.2) is 12.4 Å². The normalized spacial score (nSPS) is 10.8. The predicted molar refractivity (Wildman–Crippen MR) is 66.6 cm³/mol. The molecular formula is C11H21N5. The van der Waals surface area contributed by atoms with Gasteiger partial charge in [-0.2, -0.15) is 0 Å². The molecule has 1 heterocycles. The van der Waals surface area contributed by atoms with Gasteiger partial charge in [0.15, 0.2) is 0 Å². The quantitative estimate of drug-likeness (QED) is 0.698. The maximum atomic E-state index is 4.26. The van der Waals surface area contributed by atoms with Gasteiger partial charge in [-0.25, -0.2) is 9.97 Å². The molecule has 0 aliphatic heterocycles. The van der Waals surface area contributed by atoms with Gasteiger partial charge in [-0.3, -0.25) is 0 Å². The molecule has 1 N–H and O–H groups in total. The predicted octanol–water partition coefficient (Wildman–Crippen LogP) is 0.194. The Morgan fingerprint density at radius 1 is 1.12 bits per heavy atom. The number of rotatable bonds is 6. The molecule has 0 spiro atoms. The summed E-state index contributed by atoms with van der Waals surface area (Å²) in [6.07, 6.45) is 3.73. The molecule has 90 valence electrons. The third kappa shape index (κ3) is 4.55. The average Bonchev–Trinajstić information content (AvgIpc) is 2.25. The van der Waals surface area contributed by atoms with Gasteiger partial charge in [-0.05, 0) is 14.1 Å². The van der Waals surface area contributed by atoms with Crippen molar-refractivity contribution in [2.24, 2.45) is 0 Å². The second-order valence-corrected chi connectivity index (χ2v) is 4.27. The summed E-state index contributed by atoms with van der Waals surface area (Å²) in [6.45, 7) is 2.83. The lowest BCUT2D eigenvalue weighted by Gasteiger charge is -2.11. The first-order valence-corrected chi connectivity index (χ1v) is 5.43. The van der Waals surface area contributed by atoms with Crippen LogP contribution >= 0.6 is 0 Å². The Kier molecular flexibility index (Phi) is 5.14. The molecule has 1 aromatic rings. The smallest absolute Gasteiger partial charge is 0.224 e. The summed E-state index contributed by atoms with van der Waals surface area (Å²) >= 11 is 0. The van der Waals surface area contributed by atoms with Gasteiger partial charge in [0.25, 0.3) is 0 Å². The minimum absolute atomic E-state index is 0.747. The van der Waals surface area contributed by atoms with Crippen LogP contribution in [0.3, 0.4) is 0 Å². The van der Waals surface area contributed by atoms with Crippen LogP contribution < -0.4 is 10.2 Å². The van der Waals surface area contributed by atoms with Crippen molar-refractivity contribution in [1.82, 2.24) is 20.2 Å². The molecule has 0 bridgehead atoms. The van der Waals surface area contributed by atoms with Crippen LogP contribution in [0, 0.1) is 0 Å². The minimum atomic E-state index is 0.747. The lowest BCUT2D eigenvalue weighted by molar-refractivity contribution is 0.400. The fourth-order valence-corrected chi connectivity index (χ4v) is 1.21. The third-order valence-electron chi connectivity index (χ3n) is 2.16. The topological polar surface area (TPSA) is 44.3 Å². The number of anilines is 1. The summed E-state index contributed by atoms with van der Waals surface area (Å²) in [5.41, 5.74) is 1.12. The molecule has 0 aromatic carbocycles. The molecule has 0 aliphatic carbocycles. The first-order chi connectivity index (χ1) is 7.59. The molecule has 0 atom stereocenters. The SMILES string of the molecule is CN(C)CCNCc1cnc(N(C)C)nc1. The highest BCUT2D eigenvalue weighted by atomic mass is 15.2. The Morgan fingerprint density at radius 2 is 1.75 bits per heavy atom. The summed E-state index contributed by atoms with van der Waals surface area (Å²) in [6, 6.07) is 0. The summed E-state index contributed by atoms with van der Waals surface area (Å²) in [5, 5.41) is 3.35. The fraction of sp³-hybridized carbons (Fsp3) is 0.636. The number of aromatic nitrogens is 2. The second kappa shape index (κ2) is 6.40. The standard InChI is InChI=1S/C11H21N5/c1-15(2)6-5-12-7-10-8-13-11(14-9-10)16(3)4/h8-9,12H,5-7H2,1-4H3. The molecule has 1 rings (SSSR count). The van der Waals surface area contributed by atoms with Gasteiger partial charge in [0.05, 0.1) is 0 Å². The number of nitrogens with one attached hydrogen (secondary N) is 1. The van der Waals surface area contributed by atoms with E-state index in [1.807, 2.05) is 31.4 Å². The van der Waals surface area contributed by atoms with Crippen LogP contribution in [-0.2, 0) is 6.54 Å². The number of hydrogen-bond donors (Lipinski definition) is 1. The first kappa shape index (κ1) is 12.9. The highest BCUT2D eigenvalue weighted by Crippen LogP contribution is 2.02. The highest BCUT2D eigenvalue weighted by molar-refractivity contribution is 5.26. The van der Waals surface area contributed by atoms with E-state index in [0.717, 1.165) is 31.1 Å². The molecular weight excluding hydrogens is 202 g/mol. The van der Waals surface area contributed by atoms with E-state index in [4.69, 9.17) is 0 Å². The maximum Gasteiger partial charge on any atom is 0.224 e. The van der Waals surface area contributed by atoms with Crippen LogP contribution in [0.2, 0.25) is 0 Å². The third-order valence-corrected chi connectivity index (χ3v) is 2.16. The van der Waals surface area contributed by atoms with Crippen LogP contribution in [-0.4, -0.2) is 56.1 Å². The number of hydrogen-bond acceptors (Lipinski definition) is 5. The molecule has 0 unspecified atom stereocenters. The molecule has 0 radical (unpaired) electrons. The van der Waals surface area contributed by atoms with Gasteiger partial charge < -0.3 is 15.1 Å². The Hall–Kier alpha value is -1.20. The van der Waals surface area contributed by atoms with E-state index in [9.17, 15) is 0 Å². The first-order valence-electron chi connectivity index (χ1n) is 5.43. The van der Waals surface area contributed by atoms with Crippen LogP contribution in [0.25, 0.3) is 0 Å². The Labute approximate surface area is 97.5 Å². The van der Waals surface area contributed by atoms with E-state index >= 15 is 0 Å². The Morgan fingerprint density at radius 3 is 2.25 bits per heavy atom. The van der Waals surface area contributed by atoms with E-state index < -0.39 is 0 Å². The van der Waals surface area contributed by atoms with Gasteiger partial charge in [-0.15, -0.1) is 0 Å². The lowest BCUT2D eigenvalue weighted by Crippen LogP contribution is -2.26. The summed E-state index contributed by atoms with van der Waals surface area (Å²) < 4.78 is 0. The zero-order chi connectivity index (χ0) is 12.0. The Bertz CT molecular complexity index is 294. The maximum absolute atomic E-state index is 4.26. The van der Waals surface area contributed by atoms with Crippen molar-refractivity contribution in [2.45, 2.75) is 6.54 Å². The molecule has 0 aliphatic rings. The van der Waals surface area contributed by atoms with Crippen molar-refractivity contribution in [2.75, 3.05) is 46.2 Å². The second-order valence-electron chi connectivity index (χ2n) is 4.27. The number of nitrogens with zero attached hydrogens (tertiary/aromatic N) is 4. The van der Waals surface area contributed by atoms with Crippen molar-refractivity contribution in [3.8, 4) is 0 Å². The van der Waals surface area contributed by atoms with E-state index in [-0.39, 0.29) is 0 Å². The summed E-state index contributed by atoms with van der Waals surface area (Å²) in [4.78, 5) is 12.6. The van der Waals surface area contributed by atoms with E-state index in [1.54, 1.807) is 0 Å². The van der Waals surface area contributed by atoms with E-state index in [0.29, 0.717) is 0 Å². The highest BCUT2D eigenvalue weighted by Gasteiger charge is 1.99. The van der Waals surface area contributed by atoms with Crippen molar-refractivity contribution in [1.29, 1.82) is 0 Å². The Balaban J connectivity index is 2.32. The van der Waals surface area contributed by atoms with E-state index in [2.05, 4.69) is 34.3 Å². The summed E-state index contributed by atoms with van der Waals surface area (Å²) in [5.74, 6) is 0.747. The fourth-order valence-electron chi connectivity index (χ4n) is 1.21. The molecule has 0 saturated carbocycles. The molecule has 0 saturated heterocycles. The van der Waals surface area contributed by atoms with Gasteiger partial charge >= 0.3 is 0 Å². The number of likely N-dealkylation sites (N-methyl/N-ethyl adjacent to an activating group) is 1. The van der Waals surface area contributed by atoms with E-state index in [1.165, 1.54) is 0 Å². The average molecular weight is 223 g/mol. The lowest BCUT2D eigenvalue weighted by atomic mass is 10.3. The van der Waals surface area contributed by atoms with Crippen molar-refractivity contribution in [3.63, 3.8) is 0 Å².